The first-order valence-corrected chi connectivity index (χ1v) is 12.1. The number of amides is 1. The van der Waals surface area contributed by atoms with E-state index in [-0.39, 0.29) is 29.0 Å². The number of nitrogens with zero attached hydrogens (tertiary/aromatic N) is 2. The van der Waals surface area contributed by atoms with E-state index in [1.165, 1.54) is 0 Å². The van der Waals surface area contributed by atoms with Gasteiger partial charge in [-0.15, -0.1) is 0 Å². The number of aryl methyl sites for hydroxylation is 1. The van der Waals surface area contributed by atoms with Gasteiger partial charge in [0.25, 0.3) is 11.5 Å². The van der Waals surface area contributed by atoms with Crippen molar-refractivity contribution >= 4 is 22.8 Å². The van der Waals surface area contributed by atoms with Gasteiger partial charge >= 0.3 is 5.97 Å². The van der Waals surface area contributed by atoms with Gasteiger partial charge in [0.15, 0.2) is 0 Å². The number of rotatable bonds is 9. The Morgan fingerprint density at radius 1 is 1.21 bits per heavy atom. The Morgan fingerprint density at radius 3 is 2.52 bits per heavy atom. The number of unbranched alkanes of at least 4 members (excludes halogenated alkanes) is 1. The zero-order valence-corrected chi connectivity index (χ0v) is 20.3. The molecule has 2 heterocycles. The lowest BCUT2D eigenvalue weighted by atomic mass is 9.94. The number of aromatic nitrogens is 1. The molecule has 7 heteroatoms. The maximum Gasteiger partial charge on any atom is 0.320 e. The molecule has 2 aromatic rings. The topological polar surface area (TPSA) is 91.6 Å². The lowest BCUT2D eigenvalue weighted by molar-refractivity contribution is -0.144. The molecular formula is C26H37N3O4. The van der Waals surface area contributed by atoms with E-state index in [2.05, 4.69) is 17.1 Å². The molecule has 1 atom stereocenters. The maximum atomic E-state index is 13.1. The molecule has 0 saturated carbocycles. The normalized spacial score (nSPS) is 16.3. The number of carbonyl (C=O) groups excluding carboxylic acids is 1. The van der Waals surface area contributed by atoms with Gasteiger partial charge in [-0.1, -0.05) is 31.9 Å². The predicted octanol–water partition coefficient (Wildman–Crippen LogP) is 3.98. The van der Waals surface area contributed by atoms with Crippen LogP contribution in [0.15, 0.2) is 29.1 Å². The second-order valence-corrected chi connectivity index (χ2v) is 9.52. The number of hydrogen-bond donors (Lipinski definition) is 2. The minimum absolute atomic E-state index is 0.0613. The second-order valence-electron chi connectivity index (χ2n) is 9.52. The Bertz CT molecular complexity index is 1050. The predicted molar refractivity (Wildman–Crippen MR) is 131 cm³/mol. The van der Waals surface area contributed by atoms with Crippen LogP contribution in [0.1, 0.15) is 74.8 Å². The highest BCUT2D eigenvalue weighted by Gasteiger charge is 2.29. The minimum atomic E-state index is -0.747. The standard InChI is InChI=1S/C26H37N3O4/c1-5-6-9-23(26(32)33)28-13-11-19(12-14-28)16-27-24(30)21-15-20-18(4)8-7-10-22(20)29(17(2)3)25(21)31/h7-8,10,15,17,19,23H,5-6,9,11-14,16H2,1-4H3,(H,27,30)(H,32,33). The summed E-state index contributed by atoms with van der Waals surface area (Å²) < 4.78 is 1.69. The van der Waals surface area contributed by atoms with E-state index >= 15 is 0 Å². The number of nitrogens with one attached hydrogen (secondary N) is 1. The van der Waals surface area contributed by atoms with Gasteiger partial charge < -0.3 is 15.0 Å². The Balaban J connectivity index is 1.67. The third-order valence-corrected chi connectivity index (χ3v) is 6.82. The van der Waals surface area contributed by atoms with Crippen LogP contribution in [0.25, 0.3) is 10.9 Å². The van der Waals surface area contributed by atoms with Crippen LogP contribution in [0.2, 0.25) is 0 Å². The first-order valence-electron chi connectivity index (χ1n) is 12.1. The van der Waals surface area contributed by atoms with Gasteiger partial charge in [-0.05, 0) is 76.7 Å². The number of aliphatic carboxylic acids is 1. The first kappa shape index (κ1) is 25.0. The lowest BCUT2D eigenvalue weighted by Crippen LogP contribution is -2.47. The van der Waals surface area contributed by atoms with Crippen molar-refractivity contribution in [2.75, 3.05) is 19.6 Å². The molecule has 1 saturated heterocycles. The molecular weight excluding hydrogens is 418 g/mol. The largest absolute Gasteiger partial charge is 0.480 e. The molecule has 1 aromatic heterocycles. The summed E-state index contributed by atoms with van der Waals surface area (Å²) in [5, 5.41) is 13.5. The van der Waals surface area contributed by atoms with Crippen LogP contribution in [0.4, 0.5) is 0 Å². The molecule has 0 bridgehead atoms. The molecule has 1 amide bonds. The zero-order chi connectivity index (χ0) is 24.1. The first-order chi connectivity index (χ1) is 15.7. The third-order valence-electron chi connectivity index (χ3n) is 6.82. The number of likely N-dealkylation sites (tertiary alicyclic amines) is 1. The van der Waals surface area contributed by atoms with Crippen molar-refractivity contribution in [3.05, 3.63) is 45.7 Å². The van der Waals surface area contributed by atoms with Gasteiger partial charge in [0.05, 0.1) is 5.52 Å². The zero-order valence-electron chi connectivity index (χ0n) is 20.3. The summed E-state index contributed by atoms with van der Waals surface area (Å²) in [5.41, 5.74) is 1.78. The summed E-state index contributed by atoms with van der Waals surface area (Å²) >= 11 is 0. The van der Waals surface area contributed by atoms with Crippen molar-refractivity contribution in [2.24, 2.45) is 5.92 Å². The van der Waals surface area contributed by atoms with E-state index in [1.807, 2.05) is 39.0 Å². The minimum Gasteiger partial charge on any atom is -0.480 e. The van der Waals surface area contributed by atoms with E-state index in [1.54, 1.807) is 10.6 Å². The monoisotopic (exact) mass is 455 g/mol. The van der Waals surface area contributed by atoms with E-state index in [0.717, 1.165) is 55.2 Å². The van der Waals surface area contributed by atoms with E-state index < -0.39 is 12.0 Å². The van der Waals surface area contributed by atoms with E-state index in [0.29, 0.717) is 13.0 Å². The molecule has 180 valence electrons. The highest BCUT2D eigenvalue weighted by molar-refractivity contribution is 5.98. The summed E-state index contributed by atoms with van der Waals surface area (Å²) in [5.74, 6) is -0.808. The molecule has 0 aliphatic carbocycles. The Hall–Kier alpha value is -2.67. The fourth-order valence-corrected chi connectivity index (χ4v) is 4.84. The number of hydrogen-bond acceptors (Lipinski definition) is 4. The van der Waals surface area contributed by atoms with Crippen LogP contribution in [0.5, 0.6) is 0 Å². The molecule has 0 radical (unpaired) electrons. The summed E-state index contributed by atoms with van der Waals surface area (Å²) in [6.07, 6.45) is 4.24. The van der Waals surface area contributed by atoms with Gasteiger partial charge in [-0.3, -0.25) is 19.3 Å². The Morgan fingerprint density at radius 2 is 1.91 bits per heavy atom. The number of benzene rings is 1. The number of fused-ring (bicyclic) bond motifs is 1. The van der Waals surface area contributed by atoms with Gasteiger partial charge in [-0.25, -0.2) is 0 Å². The molecule has 1 unspecified atom stereocenters. The summed E-state index contributed by atoms with van der Waals surface area (Å²) in [6.45, 7) is 9.88. The number of pyridine rings is 1. The van der Waals surface area contributed by atoms with Crippen LogP contribution in [-0.2, 0) is 4.79 Å². The fraction of sp³-hybridized carbons (Fsp3) is 0.577. The van der Waals surface area contributed by atoms with Crippen molar-refractivity contribution in [2.45, 2.75) is 71.9 Å². The van der Waals surface area contributed by atoms with Crippen molar-refractivity contribution in [3.63, 3.8) is 0 Å². The van der Waals surface area contributed by atoms with E-state index in [9.17, 15) is 19.5 Å². The second kappa shape index (κ2) is 11.0. The highest BCUT2D eigenvalue weighted by atomic mass is 16.4. The third kappa shape index (κ3) is 5.64. The Labute approximate surface area is 195 Å². The number of carboxylic acids is 1. The molecule has 1 aliphatic rings. The molecule has 2 N–H and O–H groups in total. The smallest absolute Gasteiger partial charge is 0.320 e. The Kier molecular flexibility index (Phi) is 8.30. The fourth-order valence-electron chi connectivity index (χ4n) is 4.84. The van der Waals surface area contributed by atoms with Crippen LogP contribution in [0.3, 0.4) is 0 Å². The van der Waals surface area contributed by atoms with Gasteiger partial charge in [0.2, 0.25) is 0 Å². The summed E-state index contributed by atoms with van der Waals surface area (Å²) in [6, 6.07) is 7.07. The lowest BCUT2D eigenvalue weighted by Gasteiger charge is -2.35. The van der Waals surface area contributed by atoms with Crippen molar-refractivity contribution < 1.29 is 14.7 Å². The molecule has 3 rings (SSSR count). The molecule has 1 fully saturated rings. The van der Waals surface area contributed by atoms with Crippen LogP contribution in [0, 0.1) is 12.8 Å². The van der Waals surface area contributed by atoms with Crippen LogP contribution in [-0.4, -0.2) is 52.1 Å². The van der Waals surface area contributed by atoms with Gasteiger partial charge in [0, 0.05) is 18.0 Å². The molecule has 33 heavy (non-hydrogen) atoms. The van der Waals surface area contributed by atoms with Gasteiger partial charge in [0.1, 0.15) is 11.6 Å². The van der Waals surface area contributed by atoms with Crippen molar-refractivity contribution in [1.82, 2.24) is 14.8 Å². The van der Waals surface area contributed by atoms with Crippen LogP contribution < -0.4 is 10.9 Å². The van der Waals surface area contributed by atoms with Crippen molar-refractivity contribution in [3.8, 4) is 0 Å². The molecule has 1 aromatic carbocycles. The maximum absolute atomic E-state index is 13.1. The highest BCUT2D eigenvalue weighted by Crippen LogP contribution is 2.22. The average Bonchev–Trinajstić information content (AvgIpc) is 2.78. The molecule has 0 spiro atoms. The van der Waals surface area contributed by atoms with Crippen LogP contribution >= 0.6 is 0 Å². The molecule has 1 aliphatic heterocycles. The van der Waals surface area contributed by atoms with E-state index in [4.69, 9.17) is 0 Å². The van der Waals surface area contributed by atoms with Crippen molar-refractivity contribution in [1.29, 1.82) is 0 Å². The summed E-state index contributed by atoms with van der Waals surface area (Å²) in [4.78, 5) is 39.9. The number of carboxylic acid groups (broad SMARTS) is 1. The number of piperidine rings is 1. The average molecular weight is 456 g/mol. The summed E-state index contributed by atoms with van der Waals surface area (Å²) in [7, 11) is 0. The SMILES string of the molecule is CCCCC(C(=O)O)N1CCC(CNC(=O)c2cc3c(C)cccc3n(C(C)C)c2=O)CC1. The number of carbonyl (C=O) groups is 2. The van der Waals surface area contributed by atoms with Gasteiger partial charge in [-0.2, -0.15) is 0 Å². The molecule has 7 nitrogen and oxygen atoms in total. The quantitative estimate of drug-likeness (QED) is 0.597.